The molecule has 0 saturated heterocycles. The number of nitrogens with one attached hydrogen (secondary N) is 1. The van der Waals surface area contributed by atoms with Gasteiger partial charge < -0.3 is 0 Å². The Morgan fingerprint density at radius 1 is 1.22 bits per heavy atom. The zero-order valence-corrected chi connectivity index (χ0v) is 10.8. The van der Waals surface area contributed by atoms with Crippen LogP contribution in [0, 0.1) is 0 Å². The Morgan fingerprint density at radius 2 is 2.00 bits per heavy atom. The third-order valence-corrected chi connectivity index (χ3v) is 3.13. The van der Waals surface area contributed by atoms with Crippen molar-refractivity contribution in [2.45, 2.75) is 18.9 Å². The first-order chi connectivity index (χ1) is 8.79. The fourth-order valence-electron chi connectivity index (χ4n) is 1.94. The summed E-state index contributed by atoms with van der Waals surface area (Å²) in [6.45, 7) is 0. The molecule has 18 heavy (non-hydrogen) atoms. The fraction of sp³-hybridized carbons (Fsp3) is 0.214. The number of hydrazine groups is 1. The average molecular weight is 262 g/mol. The van der Waals surface area contributed by atoms with E-state index in [1.165, 1.54) is 5.56 Å². The maximum atomic E-state index is 5.88. The van der Waals surface area contributed by atoms with Crippen molar-refractivity contribution in [2.24, 2.45) is 5.84 Å². The molecule has 2 rings (SSSR count). The Hall–Kier alpha value is -1.42. The van der Waals surface area contributed by atoms with Gasteiger partial charge in [-0.25, -0.2) is 4.98 Å². The van der Waals surface area contributed by atoms with Crippen LogP contribution in [0.15, 0.2) is 48.7 Å². The van der Waals surface area contributed by atoms with E-state index < -0.39 is 0 Å². The van der Waals surface area contributed by atoms with Gasteiger partial charge >= 0.3 is 0 Å². The van der Waals surface area contributed by atoms with Crippen LogP contribution in [0.4, 0.5) is 0 Å². The van der Waals surface area contributed by atoms with Crippen LogP contribution in [0.3, 0.4) is 0 Å². The fourth-order valence-corrected chi connectivity index (χ4v) is 2.12. The molecule has 1 unspecified atom stereocenters. The highest BCUT2D eigenvalue weighted by molar-refractivity contribution is 6.29. The van der Waals surface area contributed by atoms with Crippen molar-refractivity contribution in [2.75, 3.05) is 0 Å². The summed E-state index contributed by atoms with van der Waals surface area (Å²) in [6.07, 6.45) is 3.58. The van der Waals surface area contributed by atoms with Gasteiger partial charge in [0.25, 0.3) is 0 Å². The number of halogens is 1. The third-order valence-electron chi connectivity index (χ3n) is 2.92. The normalized spacial score (nSPS) is 12.3. The summed E-state index contributed by atoms with van der Waals surface area (Å²) in [4.78, 5) is 3.97. The first kappa shape index (κ1) is 13.0. The monoisotopic (exact) mass is 261 g/mol. The van der Waals surface area contributed by atoms with Crippen molar-refractivity contribution in [3.8, 4) is 0 Å². The Balaban J connectivity index is 2.02. The highest BCUT2D eigenvalue weighted by Gasteiger charge is 2.10. The van der Waals surface area contributed by atoms with Crippen LogP contribution in [-0.2, 0) is 6.42 Å². The van der Waals surface area contributed by atoms with Crippen molar-refractivity contribution >= 4 is 11.6 Å². The van der Waals surface area contributed by atoms with E-state index in [4.69, 9.17) is 17.4 Å². The lowest BCUT2D eigenvalue weighted by Gasteiger charge is -2.16. The molecule has 94 valence electrons. The van der Waals surface area contributed by atoms with E-state index in [2.05, 4.69) is 22.5 Å². The van der Waals surface area contributed by atoms with Gasteiger partial charge in [0.05, 0.1) is 0 Å². The second-order valence-electron chi connectivity index (χ2n) is 4.16. The lowest BCUT2D eigenvalue weighted by molar-refractivity contribution is 0.516. The van der Waals surface area contributed by atoms with Gasteiger partial charge in [0.15, 0.2) is 0 Å². The molecule has 0 fully saturated rings. The van der Waals surface area contributed by atoms with Crippen LogP contribution >= 0.6 is 11.6 Å². The Morgan fingerprint density at radius 3 is 2.67 bits per heavy atom. The average Bonchev–Trinajstić information content (AvgIpc) is 2.41. The maximum absolute atomic E-state index is 5.88. The first-order valence-corrected chi connectivity index (χ1v) is 6.29. The molecular formula is C14H16ClN3. The van der Waals surface area contributed by atoms with Gasteiger partial charge in [-0.2, -0.15) is 0 Å². The second-order valence-corrected chi connectivity index (χ2v) is 4.54. The zero-order valence-electron chi connectivity index (χ0n) is 10.0. The van der Waals surface area contributed by atoms with Gasteiger partial charge in [-0.3, -0.25) is 11.3 Å². The van der Waals surface area contributed by atoms with E-state index >= 15 is 0 Å². The van der Waals surface area contributed by atoms with E-state index in [0.29, 0.717) is 5.15 Å². The highest BCUT2D eigenvalue weighted by atomic mass is 35.5. The van der Waals surface area contributed by atoms with E-state index in [1.54, 1.807) is 6.20 Å². The van der Waals surface area contributed by atoms with Gasteiger partial charge in [-0.05, 0) is 36.1 Å². The number of rotatable bonds is 5. The molecule has 1 aromatic heterocycles. The second kappa shape index (κ2) is 6.50. The lowest BCUT2D eigenvalue weighted by atomic mass is 10.0. The van der Waals surface area contributed by atoms with E-state index in [9.17, 15) is 0 Å². The van der Waals surface area contributed by atoms with Crippen molar-refractivity contribution in [1.29, 1.82) is 0 Å². The zero-order chi connectivity index (χ0) is 12.8. The Labute approximate surface area is 112 Å². The van der Waals surface area contributed by atoms with Crippen LogP contribution in [-0.4, -0.2) is 4.98 Å². The number of nitrogens with zero attached hydrogens (tertiary/aromatic N) is 1. The Kier molecular flexibility index (Phi) is 4.70. The predicted molar refractivity (Wildman–Crippen MR) is 74.1 cm³/mol. The number of benzene rings is 1. The molecule has 0 amide bonds. The molecule has 0 spiro atoms. The summed E-state index contributed by atoms with van der Waals surface area (Å²) in [7, 11) is 0. The summed E-state index contributed by atoms with van der Waals surface area (Å²) in [5.74, 6) is 5.61. The minimum absolute atomic E-state index is 0.0886. The third kappa shape index (κ3) is 3.53. The molecule has 1 heterocycles. The quantitative estimate of drug-likeness (QED) is 0.494. The van der Waals surface area contributed by atoms with Crippen molar-refractivity contribution in [1.82, 2.24) is 10.4 Å². The number of nitrogens with two attached hydrogens (primary N) is 1. The van der Waals surface area contributed by atoms with Gasteiger partial charge in [0.1, 0.15) is 5.15 Å². The summed E-state index contributed by atoms with van der Waals surface area (Å²) in [5, 5.41) is 0.493. The van der Waals surface area contributed by atoms with Gasteiger partial charge in [0, 0.05) is 12.2 Å². The summed E-state index contributed by atoms with van der Waals surface area (Å²) in [6, 6.07) is 14.2. The first-order valence-electron chi connectivity index (χ1n) is 5.91. The summed E-state index contributed by atoms with van der Waals surface area (Å²) < 4.78 is 0. The number of pyridine rings is 1. The molecule has 1 atom stereocenters. The molecule has 3 N–H and O–H groups in total. The number of aromatic nitrogens is 1. The van der Waals surface area contributed by atoms with Crippen LogP contribution in [0.25, 0.3) is 0 Å². The highest BCUT2D eigenvalue weighted by Crippen LogP contribution is 2.20. The molecule has 0 bridgehead atoms. The molecular weight excluding hydrogens is 246 g/mol. The van der Waals surface area contributed by atoms with Gasteiger partial charge in [-0.15, -0.1) is 0 Å². The SMILES string of the molecule is NNC(CCc1ccccc1)c1ccnc(Cl)c1. The lowest BCUT2D eigenvalue weighted by Crippen LogP contribution is -2.28. The van der Waals surface area contributed by atoms with E-state index in [1.807, 2.05) is 30.3 Å². The molecule has 2 aromatic rings. The van der Waals surface area contributed by atoms with Crippen LogP contribution in [0.5, 0.6) is 0 Å². The molecule has 0 aliphatic carbocycles. The van der Waals surface area contributed by atoms with Crippen molar-refractivity contribution < 1.29 is 0 Å². The van der Waals surface area contributed by atoms with E-state index in [0.717, 1.165) is 18.4 Å². The van der Waals surface area contributed by atoms with Crippen LogP contribution in [0.1, 0.15) is 23.6 Å². The number of hydrogen-bond acceptors (Lipinski definition) is 3. The standard InChI is InChI=1S/C14H16ClN3/c15-14-10-12(8-9-17-14)13(18-16)7-6-11-4-2-1-3-5-11/h1-5,8-10,13,18H,6-7,16H2. The summed E-state index contributed by atoms with van der Waals surface area (Å²) >= 11 is 5.88. The van der Waals surface area contributed by atoms with E-state index in [-0.39, 0.29) is 6.04 Å². The van der Waals surface area contributed by atoms with Gasteiger partial charge in [-0.1, -0.05) is 41.9 Å². The van der Waals surface area contributed by atoms with Crippen molar-refractivity contribution in [3.05, 3.63) is 64.9 Å². The molecule has 0 aliphatic heterocycles. The van der Waals surface area contributed by atoms with Crippen LogP contribution in [0.2, 0.25) is 5.15 Å². The molecule has 3 nitrogen and oxygen atoms in total. The molecule has 0 radical (unpaired) electrons. The summed E-state index contributed by atoms with van der Waals surface area (Å²) in [5.41, 5.74) is 5.20. The topological polar surface area (TPSA) is 50.9 Å². The van der Waals surface area contributed by atoms with Gasteiger partial charge in [0.2, 0.25) is 0 Å². The predicted octanol–water partition coefficient (Wildman–Crippen LogP) is 2.87. The van der Waals surface area contributed by atoms with Crippen molar-refractivity contribution in [3.63, 3.8) is 0 Å². The smallest absolute Gasteiger partial charge is 0.129 e. The molecule has 0 saturated carbocycles. The number of hydrogen-bond donors (Lipinski definition) is 2. The maximum Gasteiger partial charge on any atom is 0.129 e. The molecule has 0 aliphatic rings. The Bertz CT molecular complexity index is 487. The molecule has 4 heteroatoms. The number of aryl methyl sites for hydroxylation is 1. The largest absolute Gasteiger partial charge is 0.271 e. The minimum Gasteiger partial charge on any atom is -0.271 e. The molecule has 1 aromatic carbocycles. The minimum atomic E-state index is 0.0886. The van der Waals surface area contributed by atoms with Crippen LogP contribution < -0.4 is 11.3 Å².